The van der Waals surface area contributed by atoms with Gasteiger partial charge in [-0.1, -0.05) is 29.8 Å². The second-order valence-electron chi connectivity index (χ2n) is 5.48. The third kappa shape index (κ3) is 4.27. The van der Waals surface area contributed by atoms with E-state index in [0.29, 0.717) is 27.4 Å². The monoisotopic (exact) mass is 386 g/mol. The molecule has 0 radical (unpaired) electrons. The van der Waals surface area contributed by atoms with Crippen LogP contribution >= 0.6 is 11.6 Å². The summed E-state index contributed by atoms with van der Waals surface area (Å²) in [6.45, 7) is 1.20. The molecule has 0 fully saturated rings. The molecule has 1 N–H and O–H groups in total. The van der Waals surface area contributed by atoms with Crippen LogP contribution in [0.5, 0.6) is 5.75 Å². The number of hydrogen-bond donors (Lipinski definition) is 1. The third-order valence-electron chi connectivity index (χ3n) is 3.57. The van der Waals surface area contributed by atoms with Crippen LogP contribution in [0.2, 0.25) is 5.02 Å². The lowest BCUT2D eigenvalue weighted by atomic mass is 10.1. The lowest BCUT2D eigenvalue weighted by molar-refractivity contribution is -0.141. The summed E-state index contributed by atoms with van der Waals surface area (Å²) >= 11 is 6.00. The summed E-state index contributed by atoms with van der Waals surface area (Å²) in [5.41, 5.74) is 0.807. The first-order valence-electron chi connectivity index (χ1n) is 7.87. The number of ether oxygens (including phenoxy) is 1. The highest BCUT2D eigenvalue weighted by Crippen LogP contribution is 2.28. The highest BCUT2D eigenvalue weighted by atomic mass is 35.5. The number of carbonyl (C=O) groups is 2. The van der Waals surface area contributed by atoms with Gasteiger partial charge in [0, 0.05) is 17.3 Å². The summed E-state index contributed by atoms with van der Waals surface area (Å²) in [4.78, 5) is 28.6. The van der Waals surface area contributed by atoms with Gasteiger partial charge >= 0.3 is 5.97 Å². The molecule has 3 rings (SSSR count). The van der Waals surface area contributed by atoms with Crippen LogP contribution in [0.15, 0.2) is 58.1 Å². The molecule has 1 heterocycles. The number of anilines is 1. The summed E-state index contributed by atoms with van der Waals surface area (Å²) < 4.78 is 10.8. The number of rotatable bonds is 4. The smallest absolute Gasteiger partial charge is 0.332 e. The summed E-state index contributed by atoms with van der Waals surface area (Å²) in [6.07, 6.45) is 0. The molecule has 3 aromatic rings. The first-order chi connectivity index (χ1) is 13.0. The van der Waals surface area contributed by atoms with E-state index in [9.17, 15) is 9.59 Å². The lowest BCUT2D eigenvalue weighted by Crippen LogP contribution is -2.22. The highest BCUT2D eigenvalue weighted by molar-refractivity contribution is 6.31. The second kappa shape index (κ2) is 7.92. The number of nitrogens with zero attached hydrogens (tertiary/aromatic N) is 1. The van der Waals surface area contributed by atoms with Gasteiger partial charge in [0.25, 0.3) is 11.5 Å². The molecule has 0 aliphatic rings. The lowest BCUT2D eigenvalue weighted by Gasteiger charge is -2.11. The minimum atomic E-state index is -0.638. The zero-order valence-electron chi connectivity index (χ0n) is 14.5. The minimum absolute atomic E-state index is 0.0805. The van der Waals surface area contributed by atoms with E-state index in [2.05, 4.69) is 15.3 Å². The van der Waals surface area contributed by atoms with Crippen LogP contribution in [-0.2, 0) is 9.63 Å². The number of para-hydroxylation sites is 1. The van der Waals surface area contributed by atoms with Crippen molar-refractivity contribution in [2.24, 2.45) is 5.16 Å². The van der Waals surface area contributed by atoms with E-state index in [1.165, 1.54) is 14.0 Å². The van der Waals surface area contributed by atoms with Crippen molar-refractivity contribution in [2.75, 3.05) is 12.4 Å². The fourth-order valence-corrected chi connectivity index (χ4v) is 2.54. The van der Waals surface area contributed by atoms with Crippen molar-refractivity contribution in [1.82, 2.24) is 0 Å². The molecule has 0 saturated heterocycles. The van der Waals surface area contributed by atoms with Crippen LogP contribution in [0.3, 0.4) is 0 Å². The van der Waals surface area contributed by atoms with E-state index in [1.54, 1.807) is 42.5 Å². The van der Waals surface area contributed by atoms with E-state index in [4.69, 9.17) is 20.8 Å². The summed E-state index contributed by atoms with van der Waals surface area (Å²) in [5.74, 6) is -0.735. The Labute approximate surface area is 159 Å². The first kappa shape index (κ1) is 18.5. The summed E-state index contributed by atoms with van der Waals surface area (Å²) in [6, 6.07) is 13.5. The quantitative estimate of drug-likeness (QED) is 0.545. The number of methoxy groups -OCH3 is 1. The maximum Gasteiger partial charge on any atom is 0.332 e. The van der Waals surface area contributed by atoms with Crippen molar-refractivity contribution in [3.63, 3.8) is 0 Å². The van der Waals surface area contributed by atoms with Crippen LogP contribution in [0.4, 0.5) is 5.69 Å². The van der Waals surface area contributed by atoms with Gasteiger partial charge in [0.15, 0.2) is 0 Å². The van der Waals surface area contributed by atoms with Crippen molar-refractivity contribution >= 4 is 40.1 Å². The Bertz CT molecular complexity index is 1090. The maximum atomic E-state index is 12.8. The molecule has 0 unspecified atom stereocenters. The van der Waals surface area contributed by atoms with Crippen LogP contribution in [-0.4, -0.2) is 19.0 Å². The Morgan fingerprint density at radius 3 is 2.67 bits per heavy atom. The van der Waals surface area contributed by atoms with Gasteiger partial charge in [-0.15, -0.1) is 0 Å². The molecule has 27 heavy (non-hydrogen) atoms. The van der Waals surface area contributed by atoms with Crippen LogP contribution < -0.4 is 15.6 Å². The normalized spacial score (nSPS) is 11.3. The molecule has 0 bridgehead atoms. The van der Waals surface area contributed by atoms with Gasteiger partial charge in [-0.25, -0.2) is 4.79 Å². The fraction of sp³-hybridized carbons (Fsp3) is 0.105. The van der Waals surface area contributed by atoms with E-state index in [0.717, 1.165) is 0 Å². The fourth-order valence-electron chi connectivity index (χ4n) is 2.37. The van der Waals surface area contributed by atoms with Gasteiger partial charge in [-0.3, -0.25) is 4.79 Å². The van der Waals surface area contributed by atoms with Crippen molar-refractivity contribution in [3.05, 3.63) is 64.7 Å². The Morgan fingerprint density at radius 2 is 1.93 bits per heavy atom. The molecule has 2 aromatic carbocycles. The van der Waals surface area contributed by atoms with Gasteiger partial charge in [-0.2, -0.15) is 0 Å². The molecule has 0 spiro atoms. The Kier molecular flexibility index (Phi) is 5.42. The molecule has 1 amide bonds. The third-order valence-corrected chi connectivity index (χ3v) is 3.80. The predicted octanol–water partition coefficient (Wildman–Crippen LogP) is 3.73. The molecule has 0 atom stereocenters. The van der Waals surface area contributed by atoms with Gasteiger partial charge in [-0.05, 0) is 35.5 Å². The van der Waals surface area contributed by atoms with Crippen LogP contribution in [0.1, 0.15) is 17.3 Å². The number of hydrogen-bond acceptors (Lipinski definition) is 6. The van der Waals surface area contributed by atoms with Gasteiger partial charge in [0.1, 0.15) is 16.9 Å². The zero-order chi connectivity index (χ0) is 19.4. The van der Waals surface area contributed by atoms with Gasteiger partial charge < -0.3 is 19.3 Å². The first-order valence-corrected chi connectivity index (χ1v) is 8.25. The molecule has 8 heteroatoms. The maximum absolute atomic E-state index is 12.8. The van der Waals surface area contributed by atoms with Gasteiger partial charge in [0.05, 0.1) is 12.8 Å². The number of carbonyl (C=O) groups excluding carboxylic acids is 2. The molecular weight excluding hydrogens is 372 g/mol. The van der Waals surface area contributed by atoms with Gasteiger partial charge in [0.2, 0.25) is 0 Å². The topological polar surface area (TPSA) is 90.1 Å². The van der Waals surface area contributed by atoms with Crippen LogP contribution in [0, 0.1) is 0 Å². The Balaban J connectivity index is 2.07. The summed E-state index contributed by atoms with van der Waals surface area (Å²) in [5, 5.41) is 7.46. The van der Waals surface area contributed by atoms with E-state index < -0.39 is 11.9 Å². The minimum Gasteiger partial charge on any atom is -0.495 e. The van der Waals surface area contributed by atoms with Crippen molar-refractivity contribution in [1.29, 1.82) is 0 Å². The summed E-state index contributed by atoms with van der Waals surface area (Å²) in [7, 11) is 1.48. The Morgan fingerprint density at radius 1 is 1.15 bits per heavy atom. The number of amides is 1. The molecular formula is C19H15ClN2O5. The van der Waals surface area contributed by atoms with Crippen LogP contribution in [0.25, 0.3) is 11.0 Å². The highest BCUT2D eigenvalue weighted by Gasteiger charge is 2.16. The average molecular weight is 387 g/mol. The van der Waals surface area contributed by atoms with Crippen molar-refractivity contribution in [3.8, 4) is 5.75 Å². The average Bonchev–Trinajstić information content (AvgIpc) is 2.65. The number of fused-ring (bicyclic) bond motifs is 1. The molecule has 1 aromatic heterocycles. The number of nitrogens with one attached hydrogen (secondary N) is 1. The van der Waals surface area contributed by atoms with Crippen molar-refractivity contribution in [2.45, 2.75) is 6.92 Å². The predicted molar refractivity (Wildman–Crippen MR) is 99.5 cm³/mol. The standard InChI is InChI=1S/C19H15ClN2O5/c1-11(23)27-22-19-14(9-12-5-3-4-6-16(12)26-19)18(24)21-15-10-13(20)7-8-17(15)25-2/h3-10H,1-2H3,(H,21,24)/b22-19+. The zero-order valence-corrected chi connectivity index (χ0v) is 15.2. The number of halogens is 1. The van der Waals surface area contributed by atoms with E-state index in [-0.39, 0.29) is 11.1 Å². The molecule has 0 saturated carbocycles. The van der Waals surface area contributed by atoms with E-state index in [1.807, 2.05) is 6.07 Å². The second-order valence-corrected chi connectivity index (χ2v) is 5.91. The SMILES string of the molecule is COc1ccc(Cl)cc1NC(=O)c1cc2ccccc2o/c1=N/OC(C)=O. The molecule has 138 valence electrons. The molecule has 0 aliphatic carbocycles. The Hall–Kier alpha value is -3.32. The largest absolute Gasteiger partial charge is 0.495 e. The van der Waals surface area contributed by atoms with E-state index >= 15 is 0 Å². The van der Waals surface area contributed by atoms with Crippen molar-refractivity contribution < 1.29 is 23.6 Å². The number of benzene rings is 2. The molecule has 0 aliphatic heterocycles. The molecule has 7 nitrogen and oxygen atoms in total.